The number of halogens is 1. The summed E-state index contributed by atoms with van der Waals surface area (Å²) in [6.07, 6.45) is 0.327. The third-order valence-corrected chi connectivity index (χ3v) is 6.63. The summed E-state index contributed by atoms with van der Waals surface area (Å²) in [5.74, 6) is 0.0647. The maximum Gasteiger partial charge on any atom is 0.236 e. The van der Waals surface area contributed by atoms with E-state index < -0.39 is 0 Å². The Morgan fingerprint density at radius 2 is 1.61 bits per heavy atom. The third kappa shape index (κ3) is 6.92. The lowest BCUT2D eigenvalue weighted by atomic mass is 10.1. The van der Waals surface area contributed by atoms with Gasteiger partial charge in [-0.25, -0.2) is 4.98 Å². The van der Waals surface area contributed by atoms with Crippen LogP contribution in [0.15, 0.2) is 89.1 Å². The molecule has 0 saturated heterocycles. The number of aromatic nitrogens is 1. The van der Waals surface area contributed by atoms with E-state index in [1.54, 1.807) is 0 Å². The molecule has 0 atom stereocenters. The van der Waals surface area contributed by atoms with Crippen molar-refractivity contribution in [3.63, 3.8) is 0 Å². The van der Waals surface area contributed by atoms with Crippen molar-refractivity contribution in [2.45, 2.75) is 11.3 Å². The largest absolute Gasteiger partial charge is 0.326 e. The minimum Gasteiger partial charge on any atom is -0.326 e. The van der Waals surface area contributed by atoms with Crippen LogP contribution in [0.25, 0.3) is 11.3 Å². The van der Waals surface area contributed by atoms with Gasteiger partial charge in [-0.3, -0.25) is 9.59 Å². The van der Waals surface area contributed by atoms with Gasteiger partial charge in [-0.05, 0) is 42.0 Å². The van der Waals surface area contributed by atoms with Gasteiger partial charge < -0.3 is 10.6 Å². The fraction of sp³-hybridized carbons (Fsp3) is 0.0800. The first kappa shape index (κ1) is 23.0. The van der Waals surface area contributed by atoms with E-state index in [2.05, 4.69) is 15.6 Å². The number of carbonyl (C=O) groups is 2. The molecule has 1 heterocycles. The van der Waals surface area contributed by atoms with Gasteiger partial charge in [-0.2, -0.15) is 0 Å². The van der Waals surface area contributed by atoms with Crippen molar-refractivity contribution in [2.75, 3.05) is 16.4 Å². The van der Waals surface area contributed by atoms with Crippen LogP contribution in [0, 0.1) is 0 Å². The molecule has 0 saturated carbocycles. The summed E-state index contributed by atoms with van der Waals surface area (Å²) in [4.78, 5) is 29.9. The molecule has 4 rings (SSSR count). The molecule has 0 aliphatic heterocycles. The Labute approximate surface area is 205 Å². The Balaban J connectivity index is 1.24. The molecule has 4 aromatic rings. The molecular weight excluding hydrogens is 474 g/mol. The minimum absolute atomic E-state index is 0.0672. The van der Waals surface area contributed by atoms with E-state index in [0.717, 1.165) is 27.4 Å². The Hall–Kier alpha value is -3.13. The van der Waals surface area contributed by atoms with Crippen LogP contribution in [0.3, 0.4) is 0 Å². The van der Waals surface area contributed by atoms with Crippen molar-refractivity contribution >= 4 is 57.3 Å². The normalized spacial score (nSPS) is 10.6. The highest BCUT2D eigenvalue weighted by Gasteiger charge is 2.09. The van der Waals surface area contributed by atoms with E-state index in [4.69, 9.17) is 11.6 Å². The standard InChI is InChI=1S/C25H20ClN3O2S2/c26-19-8-6-18(7-9-19)22-15-33-25(28-22)29-24(31)16-32-21-12-10-20(11-13-21)27-23(30)14-17-4-2-1-3-5-17/h1-13,15H,14,16H2,(H,27,30)(H,28,29,31). The Morgan fingerprint density at radius 3 is 2.33 bits per heavy atom. The van der Waals surface area contributed by atoms with E-state index in [1.165, 1.54) is 23.1 Å². The highest BCUT2D eigenvalue weighted by atomic mass is 35.5. The second-order valence-corrected chi connectivity index (χ2v) is 9.46. The third-order valence-electron chi connectivity index (χ3n) is 4.61. The molecule has 1 aromatic heterocycles. The quantitative estimate of drug-likeness (QED) is 0.279. The fourth-order valence-electron chi connectivity index (χ4n) is 3.01. The molecule has 0 bridgehead atoms. The molecule has 0 aliphatic rings. The van der Waals surface area contributed by atoms with E-state index in [1.807, 2.05) is 84.2 Å². The number of nitrogens with one attached hydrogen (secondary N) is 2. The maximum absolute atomic E-state index is 12.3. The number of hydrogen-bond acceptors (Lipinski definition) is 5. The molecule has 5 nitrogen and oxygen atoms in total. The molecule has 0 fully saturated rings. The average molecular weight is 494 g/mol. The average Bonchev–Trinajstić information content (AvgIpc) is 3.28. The van der Waals surface area contributed by atoms with Crippen LogP contribution < -0.4 is 10.6 Å². The summed E-state index contributed by atoms with van der Waals surface area (Å²) in [6.45, 7) is 0. The van der Waals surface area contributed by atoms with Crippen molar-refractivity contribution < 1.29 is 9.59 Å². The number of anilines is 2. The number of thiazole rings is 1. The molecule has 8 heteroatoms. The number of thioether (sulfide) groups is 1. The first-order chi connectivity index (χ1) is 16.0. The summed E-state index contributed by atoms with van der Waals surface area (Å²) >= 11 is 8.72. The SMILES string of the molecule is O=C(Cc1ccccc1)Nc1ccc(SCC(=O)Nc2nc(-c3ccc(Cl)cc3)cs2)cc1. The zero-order valence-electron chi connectivity index (χ0n) is 17.5. The van der Waals surface area contributed by atoms with Crippen molar-refractivity contribution in [1.82, 2.24) is 4.98 Å². The molecule has 0 unspecified atom stereocenters. The molecule has 33 heavy (non-hydrogen) atoms. The van der Waals surface area contributed by atoms with Gasteiger partial charge in [0.2, 0.25) is 11.8 Å². The van der Waals surface area contributed by atoms with Crippen LogP contribution in [0.1, 0.15) is 5.56 Å². The molecule has 166 valence electrons. The first-order valence-electron chi connectivity index (χ1n) is 10.1. The summed E-state index contributed by atoms with van der Waals surface area (Å²) in [5.41, 5.74) is 3.43. The molecule has 3 aromatic carbocycles. The lowest BCUT2D eigenvalue weighted by Crippen LogP contribution is -2.14. The van der Waals surface area contributed by atoms with Crippen LogP contribution in [0.5, 0.6) is 0 Å². The van der Waals surface area contributed by atoms with E-state index in [-0.39, 0.29) is 17.6 Å². The van der Waals surface area contributed by atoms with Crippen LogP contribution in [-0.4, -0.2) is 22.6 Å². The lowest BCUT2D eigenvalue weighted by molar-refractivity contribution is -0.115. The summed E-state index contributed by atoms with van der Waals surface area (Å²) < 4.78 is 0. The fourth-order valence-corrected chi connectivity index (χ4v) is 4.57. The van der Waals surface area contributed by atoms with Gasteiger partial charge in [0.25, 0.3) is 0 Å². The van der Waals surface area contributed by atoms with Crippen LogP contribution in [0.2, 0.25) is 5.02 Å². The van der Waals surface area contributed by atoms with Gasteiger partial charge in [-0.15, -0.1) is 23.1 Å². The highest BCUT2D eigenvalue weighted by Crippen LogP contribution is 2.26. The summed E-state index contributed by atoms with van der Waals surface area (Å²) in [6, 6.07) is 24.5. The summed E-state index contributed by atoms with van der Waals surface area (Å²) in [5, 5.41) is 8.86. The molecule has 0 radical (unpaired) electrons. The number of hydrogen-bond donors (Lipinski definition) is 2. The topological polar surface area (TPSA) is 71.1 Å². The zero-order chi connectivity index (χ0) is 23.0. The predicted octanol–water partition coefficient (Wildman–Crippen LogP) is 6.38. The Bertz CT molecular complexity index is 1230. The lowest BCUT2D eigenvalue weighted by Gasteiger charge is -2.07. The van der Waals surface area contributed by atoms with Gasteiger partial charge >= 0.3 is 0 Å². The molecule has 2 amide bonds. The van der Waals surface area contributed by atoms with Crippen LogP contribution in [-0.2, 0) is 16.0 Å². The van der Waals surface area contributed by atoms with Crippen molar-refractivity contribution in [3.05, 3.63) is 94.8 Å². The molecule has 0 spiro atoms. The van der Waals surface area contributed by atoms with Gasteiger partial charge in [0.15, 0.2) is 5.13 Å². The minimum atomic E-state index is -0.128. The Kier molecular flexibility index (Phi) is 7.78. The Morgan fingerprint density at radius 1 is 0.879 bits per heavy atom. The highest BCUT2D eigenvalue weighted by molar-refractivity contribution is 8.00. The van der Waals surface area contributed by atoms with Gasteiger partial charge in [0, 0.05) is 26.5 Å². The maximum atomic E-state index is 12.3. The zero-order valence-corrected chi connectivity index (χ0v) is 19.8. The number of benzene rings is 3. The smallest absolute Gasteiger partial charge is 0.236 e. The van der Waals surface area contributed by atoms with Gasteiger partial charge in [-0.1, -0.05) is 54.1 Å². The molecular formula is C25H20ClN3O2S2. The second-order valence-electron chi connectivity index (χ2n) is 7.12. The number of rotatable bonds is 8. The second kappa shape index (κ2) is 11.1. The van der Waals surface area contributed by atoms with E-state index in [0.29, 0.717) is 16.6 Å². The monoisotopic (exact) mass is 493 g/mol. The predicted molar refractivity (Wildman–Crippen MR) is 137 cm³/mol. The van der Waals surface area contributed by atoms with Crippen molar-refractivity contribution in [3.8, 4) is 11.3 Å². The van der Waals surface area contributed by atoms with E-state index >= 15 is 0 Å². The van der Waals surface area contributed by atoms with E-state index in [9.17, 15) is 9.59 Å². The van der Waals surface area contributed by atoms with Gasteiger partial charge in [0.05, 0.1) is 17.9 Å². The van der Waals surface area contributed by atoms with Crippen molar-refractivity contribution in [1.29, 1.82) is 0 Å². The van der Waals surface area contributed by atoms with Crippen molar-refractivity contribution in [2.24, 2.45) is 0 Å². The molecule has 0 aliphatic carbocycles. The van der Waals surface area contributed by atoms with Crippen LogP contribution >= 0.6 is 34.7 Å². The number of nitrogens with zero attached hydrogens (tertiary/aromatic N) is 1. The number of carbonyl (C=O) groups excluding carboxylic acids is 2. The first-order valence-corrected chi connectivity index (χ1v) is 12.4. The number of amides is 2. The van der Waals surface area contributed by atoms with Gasteiger partial charge in [0.1, 0.15) is 0 Å². The molecule has 2 N–H and O–H groups in total. The van der Waals surface area contributed by atoms with Crippen LogP contribution in [0.4, 0.5) is 10.8 Å². The summed E-state index contributed by atoms with van der Waals surface area (Å²) in [7, 11) is 0.